The Hall–Kier alpha value is -1.81. The van der Waals surface area contributed by atoms with Crippen molar-refractivity contribution >= 4 is 7.82 Å². The molecular formula is C32H43O5P. The lowest BCUT2D eigenvalue weighted by Crippen LogP contribution is -2.60. The molecule has 0 heterocycles. The third kappa shape index (κ3) is 4.34. The number of hydrogen-bond donors (Lipinski definition) is 1. The van der Waals surface area contributed by atoms with E-state index in [1.165, 1.54) is 12.8 Å². The third-order valence-electron chi connectivity index (χ3n) is 11.2. The molecule has 4 saturated carbocycles. The molecule has 0 radical (unpaired) electrons. The average Bonchev–Trinajstić information content (AvgIpc) is 3.20. The van der Waals surface area contributed by atoms with E-state index in [1.54, 1.807) is 24.3 Å². The van der Waals surface area contributed by atoms with Gasteiger partial charge in [-0.2, -0.15) is 0 Å². The van der Waals surface area contributed by atoms with Crippen LogP contribution in [-0.4, -0.2) is 16.8 Å². The fraction of sp³-hybridized carbons (Fsp3) is 0.625. The lowest BCUT2D eigenvalue weighted by molar-refractivity contribution is -0.191. The molecule has 7 atom stereocenters. The van der Waals surface area contributed by atoms with Crippen LogP contribution in [0.3, 0.4) is 0 Å². The van der Waals surface area contributed by atoms with Gasteiger partial charge in [0.25, 0.3) is 0 Å². The summed E-state index contributed by atoms with van der Waals surface area (Å²) in [6, 6.07) is 18.3. The number of phosphoric acid groups is 1. The monoisotopic (exact) mass is 538 g/mol. The highest BCUT2D eigenvalue weighted by atomic mass is 31.2. The number of fused-ring (bicyclic) bond motifs is 2. The standard InChI is InChI=1S/C32H43O5P/c1-29(2)21-27(37-38(34,35-25-11-7-5-8-12-25)36-26-13-9-6-10-14-26)22-30(3)28(29)16-15-23-19-24-20-32(23,30)18-17-31(24,4)33/h5-14,23-24,27-28,33H,15-22H2,1-4H3/t23-,24-,27-,28-,30-,31-,32+/m0/s1. The quantitative estimate of drug-likeness (QED) is 0.374. The SMILES string of the molecule is CC1(C)C[C@H](OP(=O)(Oc2ccccc2)Oc2ccccc2)C[C@@]2(C)[C@H]1CC[C@H]1C[C@H]3C[C@]12CC[C@]3(C)O. The van der Waals surface area contributed by atoms with Crippen molar-refractivity contribution in [1.29, 1.82) is 0 Å². The number of aliphatic hydroxyl groups is 1. The molecule has 0 amide bonds. The smallest absolute Gasteiger partial charge is 0.395 e. The molecule has 206 valence electrons. The lowest BCUT2D eigenvalue weighted by atomic mass is 9.39. The summed E-state index contributed by atoms with van der Waals surface area (Å²) in [4.78, 5) is 0. The first kappa shape index (κ1) is 26.4. The highest BCUT2D eigenvalue weighted by molar-refractivity contribution is 7.49. The predicted molar refractivity (Wildman–Crippen MR) is 149 cm³/mol. The molecule has 6 rings (SSSR count). The van der Waals surface area contributed by atoms with Crippen LogP contribution in [0.15, 0.2) is 60.7 Å². The van der Waals surface area contributed by atoms with E-state index in [4.69, 9.17) is 13.6 Å². The zero-order valence-corrected chi connectivity index (χ0v) is 24.2. The maximum atomic E-state index is 14.3. The molecule has 6 heteroatoms. The largest absolute Gasteiger partial charge is 0.587 e. The Morgan fingerprint density at radius 2 is 1.39 bits per heavy atom. The van der Waals surface area contributed by atoms with Crippen LogP contribution in [0.2, 0.25) is 0 Å². The van der Waals surface area contributed by atoms with Crippen LogP contribution < -0.4 is 9.05 Å². The molecule has 38 heavy (non-hydrogen) atoms. The van der Waals surface area contributed by atoms with Gasteiger partial charge in [-0.25, -0.2) is 4.57 Å². The van der Waals surface area contributed by atoms with Crippen molar-refractivity contribution < 1.29 is 23.2 Å². The van der Waals surface area contributed by atoms with E-state index < -0.39 is 13.4 Å². The molecule has 2 aromatic carbocycles. The fourth-order valence-corrected chi connectivity index (χ4v) is 10.9. The summed E-state index contributed by atoms with van der Waals surface area (Å²) in [5.74, 6) is 2.52. The van der Waals surface area contributed by atoms with E-state index in [2.05, 4.69) is 27.7 Å². The minimum atomic E-state index is -3.98. The zero-order valence-electron chi connectivity index (χ0n) is 23.3. The number of phosphoric ester groups is 1. The van der Waals surface area contributed by atoms with Gasteiger partial charge in [0, 0.05) is 0 Å². The molecule has 2 bridgehead atoms. The normalized spacial score (nSPS) is 39.6. The molecule has 2 aromatic rings. The first-order valence-electron chi connectivity index (χ1n) is 14.4. The van der Waals surface area contributed by atoms with Gasteiger partial charge in [-0.05, 0) is 117 Å². The minimum Gasteiger partial charge on any atom is -0.395 e. The predicted octanol–water partition coefficient (Wildman–Crippen LogP) is 8.43. The van der Waals surface area contributed by atoms with E-state index in [0.717, 1.165) is 38.5 Å². The molecule has 1 N–H and O–H groups in total. The summed E-state index contributed by atoms with van der Waals surface area (Å²) >= 11 is 0. The number of rotatable bonds is 6. The number of hydrogen-bond acceptors (Lipinski definition) is 5. The molecule has 0 saturated heterocycles. The van der Waals surface area contributed by atoms with Crippen LogP contribution in [-0.2, 0) is 9.09 Å². The highest BCUT2D eigenvalue weighted by Gasteiger charge is 2.69. The summed E-state index contributed by atoms with van der Waals surface area (Å²) in [5, 5.41) is 11.2. The van der Waals surface area contributed by atoms with E-state index in [-0.39, 0.29) is 22.3 Å². The van der Waals surface area contributed by atoms with Gasteiger partial charge < -0.3 is 14.2 Å². The number of para-hydroxylation sites is 2. The minimum absolute atomic E-state index is 0.0275. The van der Waals surface area contributed by atoms with Crippen LogP contribution in [0.5, 0.6) is 11.5 Å². The maximum absolute atomic E-state index is 14.3. The molecule has 4 aliphatic rings. The fourth-order valence-electron chi connectivity index (χ4n) is 9.54. The highest BCUT2D eigenvalue weighted by Crippen LogP contribution is 2.76. The topological polar surface area (TPSA) is 65.0 Å². The summed E-state index contributed by atoms with van der Waals surface area (Å²) < 4.78 is 32.9. The Morgan fingerprint density at radius 1 is 0.789 bits per heavy atom. The van der Waals surface area contributed by atoms with Crippen LogP contribution in [0.4, 0.5) is 0 Å². The molecule has 0 aliphatic heterocycles. The van der Waals surface area contributed by atoms with Gasteiger partial charge in [-0.3, -0.25) is 4.52 Å². The molecular weight excluding hydrogens is 495 g/mol. The molecule has 0 unspecified atom stereocenters. The van der Waals surface area contributed by atoms with Crippen molar-refractivity contribution in [2.45, 2.75) is 90.8 Å². The third-order valence-corrected chi connectivity index (χ3v) is 12.6. The number of benzene rings is 2. The van der Waals surface area contributed by atoms with Gasteiger partial charge in [0.15, 0.2) is 0 Å². The summed E-state index contributed by atoms with van der Waals surface area (Å²) in [6.45, 7) is 9.28. The van der Waals surface area contributed by atoms with Gasteiger partial charge in [-0.15, -0.1) is 0 Å². The summed E-state index contributed by atoms with van der Waals surface area (Å²) in [6.07, 6.45) is 8.05. The first-order chi connectivity index (χ1) is 17.9. The van der Waals surface area contributed by atoms with E-state index in [0.29, 0.717) is 29.3 Å². The Balaban J connectivity index is 1.32. The zero-order chi connectivity index (χ0) is 26.8. The maximum Gasteiger partial charge on any atom is 0.587 e. The van der Waals surface area contributed by atoms with Crippen molar-refractivity contribution in [3.8, 4) is 11.5 Å². The Kier molecular flexibility index (Phi) is 6.33. The Labute approximate surface area is 227 Å². The molecule has 1 spiro atoms. The molecule has 0 aromatic heterocycles. The van der Waals surface area contributed by atoms with Crippen LogP contribution in [0.1, 0.15) is 79.1 Å². The molecule has 5 nitrogen and oxygen atoms in total. The van der Waals surface area contributed by atoms with Gasteiger partial charge in [-0.1, -0.05) is 57.2 Å². The van der Waals surface area contributed by atoms with Crippen molar-refractivity contribution in [1.82, 2.24) is 0 Å². The Morgan fingerprint density at radius 3 is 2.00 bits per heavy atom. The second-order valence-corrected chi connectivity index (χ2v) is 15.2. The first-order valence-corrected chi connectivity index (χ1v) is 15.9. The van der Waals surface area contributed by atoms with E-state index in [9.17, 15) is 9.67 Å². The van der Waals surface area contributed by atoms with E-state index in [1.807, 2.05) is 36.4 Å². The van der Waals surface area contributed by atoms with Crippen LogP contribution in [0.25, 0.3) is 0 Å². The van der Waals surface area contributed by atoms with Gasteiger partial charge >= 0.3 is 7.82 Å². The average molecular weight is 539 g/mol. The second-order valence-electron chi connectivity index (χ2n) is 13.8. The van der Waals surface area contributed by atoms with Gasteiger partial charge in [0.05, 0.1) is 11.7 Å². The van der Waals surface area contributed by atoms with Crippen LogP contribution >= 0.6 is 7.82 Å². The van der Waals surface area contributed by atoms with Crippen molar-refractivity contribution in [3.63, 3.8) is 0 Å². The van der Waals surface area contributed by atoms with Crippen molar-refractivity contribution in [2.24, 2.45) is 34.0 Å². The summed E-state index contributed by atoms with van der Waals surface area (Å²) in [7, 11) is -3.98. The molecule has 4 fully saturated rings. The lowest BCUT2D eigenvalue weighted by Gasteiger charge is -2.66. The van der Waals surface area contributed by atoms with E-state index >= 15 is 0 Å². The van der Waals surface area contributed by atoms with Crippen molar-refractivity contribution in [2.75, 3.05) is 0 Å². The van der Waals surface area contributed by atoms with Crippen LogP contribution in [0, 0.1) is 34.0 Å². The van der Waals surface area contributed by atoms with Gasteiger partial charge in [0.1, 0.15) is 11.5 Å². The van der Waals surface area contributed by atoms with Gasteiger partial charge in [0.2, 0.25) is 0 Å². The Bertz CT molecular complexity index is 1150. The summed E-state index contributed by atoms with van der Waals surface area (Å²) in [5.41, 5.74) is -0.290. The molecule has 4 aliphatic carbocycles. The second kappa shape index (κ2) is 9.11. The van der Waals surface area contributed by atoms with Crippen molar-refractivity contribution in [3.05, 3.63) is 60.7 Å².